The molecule has 3 N–H and O–H groups in total. The SMILES string of the molecule is CC(=O)Nc1ccc(NC(=O)CSc2nc3c([nH]c4ccccc43)c(=O)n2-c2cc(C)ccc2C)cc1. The van der Waals surface area contributed by atoms with E-state index >= 15 is 0 Å². The van der Waals surface area contributed by atoms with Gasteiger partial charge >= 0.3 is 0 Å². The van der Waals surface area contributed by atoms with Crippen molar-refractivity contribution in [3.8, 4) is 5.69 Å². The summed E-state index contributed by atoms with van der Waals surface area (Å²) in [6.45, 7) is 5.36. The molecule has 0 unspecified atom stereocenters. The average molecular weight is 512 g/mol. The van der Waals surface area contributed by atoms with Gasteiger partial charge in [0, 0.05) is 29.2 Å². The summed E-state index contributed by atoms with van der Waals surface area (Å²) in [7, 11) is 0. The number of carbonyl (C=O) groups is 2. The monoisotopic (exact) mass is 511 g/mol. The quantitative estimate of drug-likeness (QED) is 0.215. The number of thioether (sulfide) groups is 1. The van der Waals surface area contributed by atoms with Crippen LogP contribution in [0.1, 0.15) is 18.1 Å². The van der Waals surface area contributed by atoms with Crippen LogP contribution in [0.3, 0.4) is 0 Å². The molecule has 8 nitrogen and oxygen atoms in total. The third kappa shape index (κ3) is 4.99. The van der Waals surface area contributed by atoms with E-state index < -0.39 is 0 Å². The Balaban J connectivity index is 1.49. The standard InChI is InChI=1S/C28H25N5O3S/c1-16-8-9-17(2)23(14-16)33-27(36)26-25(21-6-4-5-7-22(21)31-26)32-28(33)37-15-24(35)30-20-12-10-19(11-13-20)29-18(3)34/h4-14,31H,15H2,1-3H3,(H,29,34)(H,30,35). The number of carbonyl (C=O) groups excluding carboxylic acids is 2. The summed E-state index contributed by atoms with van der Waals surface area (Å²) < 4.78 is 1.58. The minimum atomic E-state index is -0.238. The molecule has 2 aromatic heterocycles. The smallest absolute Gasteiger partial charge is 0.283 e. The first-order chi connectivity index (χ1) is 17.8. The van der Waals surface area contributed by atoms with E-state index in [9.17, 15) is 14.4 Å². The predicted octanol–water partition coefficient (Wildman–Crippen LogP) is 5.17. The zero-order valence-electron chi connectivity index (χ0n) is 20.6. The molecule has 0 aliphatic heterocycles. The Morgan fingerprint density at radius 1 is 0.973 bits per heavy atom. The summed E-state index contributed by atoms with van der Waals surface area (Å²) >= 11 is 1.21. The van der Waals surface area contributed by atoms with Gasteiger partial charge in [-0.15, -0.1) is 0 Å². The van der Waals surface area contributed by atoms with E-state index in [0.29, 0.717) is 27.6 Å². The van der Waals surface area contributed by atoms with Gasteiger partial charge in [-0.05, 0) is 61.4 Å². The molecule has 5 rings (SSSR count). The van der Waals surface area contributed by atoms with Gasteiger partial charge in [0.1, 0.15) is 11.0 Å². The van der Waals surface area contributed by atoms with Crippen molar-refractivity contribution in [2.75, 3.05) is 16.4 Å². The first-order valence-electron chi connectivity index (χ1n) is 11.7. The second-order valence-corrected chi connectivity index (χ2v) is 9.76. The lowest BCUT2D eigenvalue weighted by atomic mass is 10.1. The molecule has 0 saturated heterocycles. The number of aromatic amines is 1. The van der Waals surface area contributed by atoms with Crippen LogP contribution in [0.25, 0.3) is 27.6 Å². The van der Waals surface area contributed by atoms with Crippen molar-refractivity contribution < 1.29 is 9.59 Å². The van der Waals surface area contributed by atoms with Crippen molar-refractivity contribution in [1.29, 1.82) is 0 Å². The number of nitrogens with one attached hydrogen (secondary N) is 3. The summed E-state index contributed by atoms with van der Waals surface area (Å²) in [6.07, 6.45) is 0. The number of aromatic nitrogens is 3. The van der Waals surface area contributed by atoms with Crippen LogP contribution in [0.5, 0.6) is 0 Å². The highest BCUT2D eigenvalue weighted by Crippen LogP contribution is 2.28. The van der Waals surface area contributed by atoms with E-state index in [-0.39, 0.29) is 23.1 Å². The van der Waals surface area contributed by atoms with Crippen LogP contribution in [-0.4, -0.2) is 32.1 Å². The molecule has 0 atom stereocenters. The maximum Gasteiger partial charge on any atom is 0.283 e. The highest BCUT2D eigenvalue weighted by molar-refractivity contribution is 7.99. The van der Waals surface area contributed by atoms with E-state index in [1.54, 1.807) is 28.8 Å². The number of hydrogen-bond donors (Lipinski definition) is 3. The Kier molecular flexibility index (Phi) is 6.54. The van der Waals surface area contributed by atoms with Crippen LogP contribution >= 0.6 is 11.8 Å². The lowest BCUT2D eigenvalue weighted by Gasteiger charge is -2.15. The van der Waals surface area contributed by atoms with E-state index in [4.69, 9.17) is 4.98 Å². The number of H-pyrrole nitrogens is 1. The second-order valence-electron chi connectivity index (χ2n) is 8.81. The van der Waals surface area contributed by atoms with Gasteiger partial charge in [0.05, 0.1) is 11.4 Å². The van der Waals surface area contributed by atoms with Crippen molar-refractivity contribution in [2.45, 2.75) is 25.9 Å². The highest BCUT2D eigenvalue weighted by atomic mass is 32.2. The third-order valence-electron chi connectivity index (χ3n) is 5.92. The molecule has 0 radical (unpaired) electrons. The van der Waals surface area contributed by atoms with Crippen LogP contribution in [0, 0.1) is 13.8 Å². The fraction of sp³-hybridized carbons (Fsp3) is 0.143. The van der Waals surface area contributed by atoms with E-state index in [0.717, 1.165) is 27.7 Å². The molecule has 0 aliphatic rings. The first kappa shape index (κ1) is 24.3. The number of hydrogen-bond acceptors (Lipinski definition) is 5. The summed E-state index contributed by atoms with van der Waals surface area (Å²) in [5.74, 6) is -0.348. The molecule has 9 heteroatoms. The van der Waals surface area contributed by atoms with Gasteiger partial charge in [0.15, 0.2) is 5.16 Å². The number of aryl methyl sites for hydroxylation is 2. The van der Waals surface area contributed by atoms with Gasteiger partial charge in [0.2, 0.25) is 11.8 Å². The maximum absolute atomic E-state index is 13.8. The summed E-state index contributed by atoms with van der Waals surface area (Å²) in [6, 6.07) is 20.4. The molecule has 0 bridgehead atoms. The number of amides is 2. The van der Waals surface area contributed by atoms with E-state index in [1.165, 1.54) is 18.7 Å². The molecule has 0 spiro atoms. The number of rotatable bonds is 6. The van der Waals surface area contributed by atoms with Crippen LogP contribution < -0.4 is 16.2 Å². The Hall–Kier alpha value is -4.37. The summed E-state index contributed by atoms with van der Waals surface area (Å²) in [5, 5.41) is 6.84. The Morgan fingerprint density at radius 3 is 2.41 bits per heavy atom. The van der Waals surface area contributed by atoms with E-state index in [2.05, 4.69) is 15.6 Å². The lowest BCUT2D eigenvalue weighted by Crippen LogP contribution is -2.23. The number of nitrogens with zero attached hydrogens (tertiary/aromatic N) is 2. The average Bonchev–Trinajstić information content (AvgIpc) is 3.24. The molecule has 0 fully saturated rings. The highest BCUT2D eigenvalue weighted by Gasteiger charge is 2.19. The fourth-order valence-corrected chi connectivity index (χ4v) is 4.98. The Bertz CT molecular complexity index is 1720. The van der Waals surface area contributed by atoms with Crippen molar-refractivity contribution in [1.82, 2.24) is 14.5 Å². The van der Waals surface area contributed by atoms with Gasteiger partial charge in [-0.25, -0.2) is 4.98 Å². The summed E-state index contributed by atoms with van der Waals surface area (Å²) in [4.78, 5) is 45.9. The molecule has 0 aliphatic carbocycles. The number of anilines is 2. The van der Waals surface area contributed by atoms with Gasteiger partial charge < -0.3 is 15.6 Å². The molecular formula is C28H25N5O3S. The van der Waals surface area contributed by atoms with Crippen molar-refractivity contribution >= 4 is 56.9 Å². The van der Waals surface area contributed by atoms with Crippen LogP contribution in [0.2, 0.25) is 0 Å². The summed E-state index contributed by atoms with van der Waals surface area (Å²) in [5.41, 5.74) is 5.54. The minimum Gasteiger partial charge on any atom is -0.349 e. The van der Waals surface area contributed by atoms with Crippen molar-refractivity contribution in [3.63, 3.8) is 0 Å². The van der Waals surface area contributed by atoms with Crippen molar-refractivity contribution in [3.05, 3.63) is 88.2 Å². The Labute approximate surface area is 217 Å². The molecular weight excluding hydrogens is 486 g/mol. The predicted molar refractivity (Wildman–Crippen MR) is 149 cm³/mol. The minimum absolute atomic E-state index is 0.0542. The van der Waals surface area contributed by atoms with Gasteiger partial charge in [-0.1, -0.05) is 42.1 Å². The third-order valence-corrected chi connectivity index (χ3v) is 6.86. The molecule has 2 heterocycles. The normalized spacial score (nSPS) is 11.1. The topological polar surface area (TPSA) is 109 Å². The number of benzene rings is 3. The van der Waals surface area contributed by atoms with E-state index in [1.807, 2.05) is 56.3 Å². The molecule has 186 valence electrons. The fourth-order valence-electron chi connectivity index (χ4n) is 4.18. The molecule has 0 saturated carbocycles. The largest absolute Gasteiger partial charge is 0.349 e. The zero-order valence-corrected chi connectivity index (χ0v) is 21.4. The Morgan fingerprint density at radius 2 is 1.68 bits per heavy atom. The maximum atomic E-state index is 13.8. The van der Waals surface area contributed by atoms with Crippen LogP contribution in [0.15, 0.2) is 76.7 Å². The lowest BCUT2D eigenvalue weighted by molar-refractivity contribution is -0.114. The molecule has 37 heavy (non-hydrogen) atoms. The van der Waals surface area contributed by atoms with Crippen LogP contribution in [-0.2, 0) is 9.59 Å². The number of fused-ring (bicyclic) bond motifs is 3. The molecule has 3 aromatic carbocycles. The first-order valence-corrected chi connectivity index (χ1v) is 12.7. The second kappa shape index (κ2) is 9.94. The van der Waals surface area contributed by atoms with Gasteiger partial charge in [-0.3, -0.25) is 19.0 Å². The molecule has 2 amide bonds. The molecule has 5 aromatic rings. The zero-order chi connectivity index (χ0) is 26.1. The number of para-hydroxylation sites is 1. The van der Waals surface area contributed by atoms with Gasteiger partial charge in [0.25, 0.3) is 5.56 Å². The van der Waals surface area contributed by atoms with Crippen LogP contribution in [0.4, 0.5) is 11.4 Å². The van der Waals surface area contributed by atoms with Crippen molar-refractivity contribution in [2.24, 2.45) is 0 Å². The van der Waals surface area contributed by atoms with Gasteiger partial charge in [-0.2, -0.15) is 0 Å².